The number of aliphatic imine (C=N–C) groups is 1. The Kier molecular flexibility index (Phi) is 4.18. The first-order chi connectivity index (χ1) is 9.16. The third-order valence-corrected chi connectivity index (χ3v) is 2.68. The molecule has 0 radical (unpaired) electrons. The number of para-hydroxylation sites is 3. The minimum Gasteiger partial charge on any atom is -0.455 e. The van der Waals surface area contributed by atoms with Crippen LogP contribution in [0.2, 0.25) is 0 Å². The summed E-state index contributed by atoms with van der Waals surface area (Å²) in [5.41, 5.74) is 6.65. The molecule has 19 heavy (non-hydrogen) atoms. The Bertz CT molecular complexity index is 562. The van der Waals surface area contributed by atoms with Crippen LogP contribution in [0.4, 0.5) is 5.69 Å². The van der Waals surface area contributed by atoms with E-state index in [1.54, 1.807) is 0 Å². The van der Waals surface area contributed by atoms with E-state index in [1.807, 2.05) is 68.4 Å². The van der Waals surface area contributed by atoms with E-state index in [0.717, 1.165) is 11.4 Å². The monoisotopic (exact) mass is 254 g/mol. The van der Waals surface area contributed by atoms with Crippen molar-refractivity contribution in [1.29, 1.82) is 0 Å². The molecular formula is C16H18N2O. The molecule has 0 spiro atoms. The molecule has 3 nitrogen and oxygen atoms in total. The van der Waals surface area contributed by atoms with Gasteiger partial charge in [-0.15, -0.1) is 0 Å². The Hall–Kier alpha value is -2.29. The summed E-state index contributed by atoms with van der Waals surface area (Å²) in [4.78, 5) is 4.42. The first-order valence-electron chi connectivity index (χ1n) is 6.33. The predicted octanol–water partition coefficient (Wildman–Crippen LogP) is 4.12. The Morgan fingerprint density at radius 3 is 2.32 bits per heavy atom. The van der Waals surface area contributed by atoms with Gasteiger partial charge in [0.15, 0.2) is 5.75 Å². The highest BCUT2D eigenvalue weighted by atomic mass is 16.5. The van der Waals surface area contributed by atoms with Crippen LogP contribution in [-0.4, -0.2) is 5.84 Å². The van der Waals surface area contributed by atoms with Gasteiger partial charge in [0, 0.05) is 5.92 Å². The lowest BCUT2D eigenvalue weighted by molar-refractivity contribution is 0.484. The van der Waals surface area contributed by atoms with Crippen LogP contribution in [0.25, 0.3) is 0 Å². The number of nitrogens with two attached hydrogens (primary N) is 1. The largest absolute Gasteiger partial charge is 0.455 e. The van der Waals surface area contributed by atoms with Crippen molar-refractivity contribution >= 4 is 11.5 Å². The van der Waals surface area contributed by atoms with E-state index in [1.165, 1.54) is 0 Å². The summed E-state index contributed by atoms with van der Waals surface area (Å²) < 4.78 is 5.83. The van der Waals surface area contributed by atoms with Crippen molar-refractivity contribution in [1.82, 2.24) is 0 Å². The fourth-order valence-electron chi connectivity index (χ4n) is 1.52. The van der Waals surface area contributed by atoms with E-state index >= 15 is 0 Å². The van der Waals surface area contributed by atoms with Gasteiger partial charge in [0.2, 0.25) is 0 Å². The van der Waals surface area contributed by atoms with Gasteiger partial charge in [-0.05, 0) is 24.3 Å². The first kappa shape index (κ1) is 13.1. The summed E-state index contributed by atoms with van der Waals surface area (Å²) in [5.74, 6) is 2.31. The molecule has 2 N–H and O–H groups in total. The number of amidine groups is 1. The maximum atomic E-state index is 5.91. The standard InChI is InChI=1S/C16H18N2O/c1-12(2)16(17)18-14-10-6-7-11-15(14)19-13-8-4-3-5-9-13/h3-12H,1-2H3,(H2,17,18). The fraction of sp³-hybridized carbons (Fsp3) is 0.188. The molecule has 0 aromatic heterocycles. The number of ether oxygens (including phenoxy) is 1. The summed E-state index contributed by atoms with van der Waals surface area (Å²) in [6, 6.07) is 17.3. The molecule has 2 rings (SSSR count). The van der Waals surface area contributed by atoms with Crippen LogP contribution >= 0.6 is 0 Å². The van der Waals surface area contributed by atoms with Crippen molar-refractivity contribution in [2.75, 3.05) is 0 Å². The molecule has 2 aromatic rings. The Morgan fingerprint density at radius 2 is 1.63 bits per heavy atom. The van der Waals surface area contributed by atoms with Gasteiger partial charge in [0.25, 0.3) is 0 Å². The van der Waals surface area contributed by atoms with Crippen molar-refractivity contribution in [3.8, 4) is 11.5 Å². The zero-order chi connectivity index (χ0) is 13.7. The van der Waals surface area contributed by atoms with E-state index in [9.17, 15) is 0 Å². The van der Waals surface area contributed by atoms with Gasteiger partial charge in [0.05, 0.1) is 0 Å². The van der Waals surface area contributed by atoms with Crippen molar-refractivity contribution in [2.24, 2.45) is 16.6 Å². The number of nitrogens with zero attached hydrogens (tertiary/aromatic N) is 1. The average molecular weight is 254 g/mol. The minimum absolute atomic E-state index is 0.213. The van der Waals surface area contributed by atoms with Crippen molar-refractivity contribution in [2.45, 2.75) is 13.8 Å². The van der Waals surface area contributed by atoms with Gasteiger partial charge >= 0.3 is 0 Å². The minimum atomic E-state index is 0.213. The molecule has 0 heterocycles. The van der Waals surface area contributed by atoms with Gasteiger partial charge in [-0.3, -0.25) is 0 Å². The summed E-state index contributed by atoms with van der Waals surface area (Å²) in [7, 11) is 0. The van der Waals surface area contributed by atoms with Crippen LogP contribution < -0.4 is 10.5 Å². The normalized spacial score (nSPS) is 11.6. The van der Waals surface area contributed by atoms with Gasteiger partial charge in [-0.1, -0.05) is 44.2 Å². The molecule has 0 aliphatic rings. The highest BCUT2D eigenvalue weighted by Gasteiger charge is 2.05. The number of hydrogen-bond acceptors (Lipinski definition) is 2. The van der Waals surface area contributed by atoms with E-state index < -0.39 is 0 Å². The van der Waals surface area contributed by atoms with Crippen molar-refractivity contribution < 1.29 is 4.74 Å². The number of hydrogen-bond donors (Lipinski definition) is 1. The average Bonchev–Trinajstić information content (AvgIpc) is 2.42. The zero-order valence-electron chi connectivity index (χ0n) is 11.2. The number of rotatable bonds is 4. The van der Waals surface area contributed by atoms with Gasteiger partial charge in [0.1, 0.15) is 17.3 Å². The van der Waals surface area contributed by atoms with E-state index in [-0.39, 0.29) is 5.92 Å². The second kappa shape index (κ2) is 6.05. The molecule has 2 aromatic carbocycles. The Balaban J connectivity index is 2.29. The maximum Gasteiger partial charge on any atom is 0.153 e. The molecule has 3 heteroatoms. The third kappa shape index (κ3) is 3.58. The molecule has 0 aliphatic carbocycles. The van der Waals surface area contributed by atoms with Crippen molar-refractivity contribution in [3.05, 3.63) is 54.6 Å². The highest BCUT2D eigenvalue weighted by Crippen LogP contribution is 2.31. The van der Waals surface area contributed by atoms with Crippen LogP contribution in [-0.2, 0) is 0 Å². The van der Waals surface area contributed by atoms with Crippen LogP contribution in [0.15, 0.2) is 59.6 Å². The summed E-state index contributed by atoms with van der Waals surface area (Å²) >= 11 is 0. The molecule has 0 saturated heterocycles. The van der Waals surface area contributed by atoms with Crippen LogP contribution in [0.3, 0.4) is 0 Å². The van der Waals surface area contributed by atoms with Gasteiger partial charge in [-0.25, -0.2) is 4.99 Å². The fourth-order valence-corrected chi connectivity index (χ4v) is 1.52. The zero-order valence-corrected chi connectivity index (χ0v) is 11.2. The molecule has 0 aliphatic heterocycles. The molecule has 0 amide bonds. The maximum absolute atomic E-state index is 5.91. The van der Waals surface area contributed by atoms with Crippen LogP contribution in [0.5, 0.6) is 11.5 Å². The molecular weight excluding hydrogens is 236 g/mol. The lowest BCUT2D eigenvalue weighted by Crippen LogP contribution is -2.18. The molecule has 0 fully saturated rings. The quantitative estimate of drug-likeness (QED) is 0.659. The summed E-state index contributed by atoms with van der Waals surface area (Å²) in [6.07, 6.45) is 0. The van der Waals surface area contributed by atoms with E-state index in [0.29, 0.717) is 11.6 Å². The predicted molar refractivity (Wildman–Crippen MR) is 79.1 cm³/mol. The molecule has 0 atom stereocenters. The Labute approximate surface area is 113 Å². The van der Waals surface area contributed by atoms with Crippen LogP contribution in [0.1, 0.15) is 13.8 Å². The molecule has 0 saturated carbocycles. The smallest absolute Gasteiger partial charge is 0.153 e. The number of benzene rings is 2. The SMILES string of the molecule is CC(C)C(N)=Nc1ccccc1Oc1ccccc1. The summed E-state index contributed by atoms with van der Waals surface area (Å²) in [6.45, 7) is 4.03. The van der Waals surface area contributed by atoms with E-state index in [4.69, 9.17) is 10.5 Å². The second-order valence-electron chi connectivity index (χ2n) is 4.57. The van der Waals surface area contributed by atoms with Gasteiger partial charge < -0.3 is 10.5 Å². The molecule has 0 bridgehead atoms. The molecule has 98 valence electrons. The van der Waals surface area contributed by atoms with Crippen LogP contribution in [0, 0.1) is 5.92 Å². The highest BCUT2D eigenvalue weighted by molar-refractivity contribution is 5.85. The summed E-state index contributed by atoms with van der Waals surface area (Å²) in [5, 5.41) is 0. The third-order valence-electron chi connectivity index (χ3n) is 2.68. The van der Waals surface area contributed by atoms with Crippen molar-refractivity contribution in [3.63, 3.8) is 0 Å². The topological polar surface area (TPSA) is 47.6 Å². The first-order valence-corrected chi connectivity index (χ1v) is 6.33. The molecule has 0 unspecified atom stereocenters. The second-order valence-corrected chi connectivity index (χ2v) is 4.57. The lowest BCUT2D eigenvalue weighted by Gasteiger charge is -2.10. The lowest BCUT2D eigenvalue weighted by atomic mass is 10.2. The Morgan fingerprint density at radius 1 is 1.00 bits per heavy atom. The van der Waals surface area contributed by atoms with Gasteiger partial charge in [-0.2, -0.15) is 0 Å². The van der Waals surface area contributed by atoms with E-state index in [2.05, 4.69) is 4.99 Å².